The van der Waals surface area contributed by atoms with E-state index in [9.17, 15) is 4.79 Å². The van der Waals surface area contributed by atoms with Crippen molar-refractivity contribution in [1.29, 1.82) is 0 Å². The van der Waals surface area contributed by atoms with Crippen LogP contribution in [0.15, 0.2) is 30.6 Å². The summed E-state index contributed by atoms with van der Waals surface area (Å²) in [6.45, 7) is 7.95. The first kappa shape index (κ1) is 16.7. The van der Waals surface area contributed by atoms with Crippen LogP contribution in [0.5, 0.6) is 0 Å². The second kappa shape index (κ2) is 6.75. The van der Waals surface area contributed by atoms with Crippen molar-refractivity contribution in [3.63, 3.8) is 0 Å². The van der Waals surface area contributed by atoms with E-state index in [1.807, 2.05) is 23.2 Å². The number of nitrogens with zero attached hydrogens (tertiary/aromatic N) is 3. The molecule has 5 nitrogen and oxygen atoms in total. The Morgan fingerprint density at radius 3 is 2.92 bits per heavy atom. The maximum absolute atomic E-state index is 12.8. The highest BCUT2D eigenvalue weighted by Crippen LogP contribution is 2.24. The maximum atomic E-state index is 12.8. The number of carbonyl (C=O) groups excluding carboxylic acids is 1. The minimum absolute atomic E-state index is 0.0315. The molecule has 0 aliphatic carbocycles. The van der Waals surface area contributed by atoms with Crippen LogP contribution < -0.4 is 0 Å². The molecule has 0 aromatic carbocycles. The Bertz CT molecular complexity index is 687. The van der Waals surface area contributed by atoms with E-state index in [1.165, 1.54) is 5.56 Å². The number of likely N-dealkylation sites (tertiary alicyclic amines) is 1. The highest BCUT2D eigenvalue weighted by atomic mass is 16.2. The quantitative estimate of drug-likeness (QED) is 0.942. The number of aromatic amines is 1. The first-order chi connectivity index (χ1) is 11.4. The molecule has 1 aliphatic heterocycles. The van der Waals surface area contributed by atoms with Crippen LogP contribution in [0.3, 0.4) is 0 Å². The average Bonchev–Trinajstić information content (AvgIpc) is 3.06. The SMILES string of the molecule is CC(C)(C)c1cc(C(=O)N2CCCC(Cc3cccnc3)C2)n[nH]1. The van der Waals surface area contributed by atoms with Gasteiger partial charge in [-0.2, -0.15) is 5.10 Å². The zero-order valence-electron chi connectivity index (χ0n) is 14.7. The van der Waals surface area contributed by atoms with E-state index in [0.29, 0.717) is 11.6 Å². The second-order valence-corrected chi connectivity index (χ2v) is 7.74. The molecule has 1 fully saturated rings. The van der Waals surface area contributed by atoms with Gasteiger partial charge in [-0.15, -0.1) is 0 Å². The summed E-state index contributed by atoms with van der Waals surface area (Å²) in [6, 6.07) is 5.98. The lowest BCUT2D eigenvalue weighted by Gasteiger charge is -2.32. The van der Waals surface area contributed by atoms with Crippen LogP contribution in [-0.2, 0) is 11.8 Å². The largest absolute Gasteiger partial charge is 0.337 e. The van der Waals surface area contributed by atoms with Crippen molar-refractivity contribution in [3.8, 4) is 0 Å². The van der Waals surface area contributed by atoms with Gasteiger partial charge in [0.25, 0.3) is 5.91 Å². The molecule has 2 aromatic rings. The fraction of sp³-hybridized carbons (Fsp3) is 0.526. The number of pyridine rings is 1. The molecule has 1 aliphatic rings. The average molecular weight is 326 g/mol. The summed E-state index contributed by atoms with van der Waals surface area (Å²) in [7, 11) is 0. The van der Waals surface area contributed by atoms with Gasteiger partial charge in [0.05, 0.1) is 0 Å². The van der Waals surface area contributed by atoms with Crippen LogP contribution in [0.2, 0.25) is 0 Å². The van der Waals surface area contributed by atoms with E-state index in [0.717, 1.165) is 38.0 Å². The third-order valence-corrected chi connectivity index (χ3v) is 4.66. The summed E-state index contributed by atoms with van der Waals surface area (Å²) in [5.41, 5.74) is 2.74. The fourth-order valence-electron chi connectivity index (χ4n) is 3.25. The summed E-state index contributed by atoms with van der Waals surface area (Å²) >= 11 is 0. The summed E-state index contributed by atoms with van der Waals surface area (Å²) in [5, 5.41) is 7.25. The Morgan fingerprint density at radius 1 is 1.42 bits per heavy atom. The van der Waals surface area contributed by atoms with E-state index < -0.39 is 0 Å². The van der Waals surface area contributed by atoms with Gasteiger partial charge in [0, 0.05) is 36.6 Å². The lowest BCUT2D eigenvalue weighted by Crippen LogP contribution is -2.40. The highest BCUT2D eigenvalue weighted by molar-refractivity contribution is 5.92. The molecule has 2 aromatic heterocycles. The fourth-order valence-corrected chi connectivity index (χ4v) is 3.25. The van der Waals surface area contributed by atoms with Crippen molar-refractivity contribution in [2.45, 2.75) is 45.4 Å². The zero-order chi connectivity index (χ0) is 17.2. The smallest absolute Gasteiger partial charge is 0.274 e. The summed E-state index contributed by atoms with van der Waals surface area (Å²) in [5.74, 6) is 0.533. The van der Waals surface area contributed by atoms with Gasteiger partial charge >= 0.3 is 0 Å². The molecule has 1 atom stereocenters. The standard InChI is InChI=1S/C19H26N4O/c1-19(2,3)17-11-16(21-22-17)18(24)23-9-5-7-15(13-23)10-14-6-4-8-20-12-14/h4,6,8,11-12,15H,5,7,9-10,13H2,1-3H3,(H,21,22). The number of hydrogen-bond donors (Lipinski definition) is 1. The van der Waals surface area contributed by atoms with E-state index in [4.69, 9.17) is 0 Å². The first-order valence-electron chi connectivity index (χ1n) is 8.67. The third-order valence-electron chi connectivity index (χ3n) is 4.66. The van der Waals surface area contributed by atoms with Gasteiger partial charge in [-0.3, -0.25) is 14.9 Å². The molecule has 3 heterocycles. The molecule has 1 amide bonds. The Labute approximate surface area is 143 Å². The van der Waals surface area contributed by atoms with Crippen molar-refractivity contribution < 1.29 is 4.79 Å². The van der Waals surface area contributed by atoms with Crippen molar-refractivity contribution in [2.24, 2.45) is 5.92 Å². The van der Waals surface area contributed by atoms with Crippen LogP contribution in [0.4, 0.5) is 0 Å². The number of amides is 1. The molecule has 128 valence electrons. The third kappa shape index (κ3) is 3.83. The molecule has 1 saturated heterocycles. The number of H-pyrrole nitrogens is 1. The van der Waals surface area contributed by atoms with Crippen molar-refractivity contribution >= 4 is 5.91 Å². The van der Waals surface area contributed by atoms with Gasteiger partial charge < -0.3 is 4.90 Å². The van der Waals surface area contributed by atoms with E-state index >= 15 is 0 Å². The topological polar surface area (TPSA) is 61.9 Å². The predicted molar refractivity (Wildman–Crippen MR) is 93.9 cm³/mol. The molecule has 1 unspecified atom stereocenters. The monoisotopic (exact) mass is 326 g/mol. The van der Waals surface area contributed by atoms with Crippen LogP contribution in [0.25, 0.3) is 0 Å². The molecule has 1 N–H and O–H groups in total. The van der Waals surface area contributed by atoms with Crippen molar-refractivity contribution in [2.75, 3.05) is 13.1 Å². The molecule has 24 heavy (non-hydrogen) atoms. The molecular formula is C19H26N4O. The zero-order valence-corrected chi connectivity index (χ0v) is 14.7. The number of carbonyl (C=O) groups is 1. The van der Waals surface area contributed by atoms with Crippen LogP contribution in [0, 0.1) is 5.92 Å². The van der Waals surface area contributed by atoms with Gasteiger partial charge in [-0.05, 0) is 42.9 Å². The van der Waals surface area contributed by atoms with Gasteiger partial charge in [-0.1, -0.05) is 26.8 Å². The van der Waals surface area contributed by atoms with Crippen LogP contribution in [-0.4, -0.2) is 39.1 Å². The van der Waals surface area contributed by atoms with Crippen molar-refractivity contribution in [3.05, 3.63) is 47.5 Å². The molecule has 0 radical (unpaired) electrons. The van der Waals surface area contributed by atoms with E-state index in [2.05, 4.69) is 42.0 Å². The van der Waals surface area contributed by atoms with Crippen LogP contribution >= 0.6 is 0 Å². The Balaban J connectivity index is 1.66. The number of nitrogens with one attached hydrogen (secondary N) is 1. The normalized spacial score (nSPS) is 18.6. The molecule has 0 saturated carbocycles. The molecule has 0 spiro atoms. The van der Waals surface area contributed by atoms with E-state index in [-0.39, 0.29) is 11.3 Å². The minimum atomic E-state index is -0.0315. The lowest BCUT2D eigenvalue weighted by atomic mass is 9.91. The van der Waals surface area contributed by atoms with Gasteiger partial charge in [0.2, 0.25) is 0 Å². The summed E-state index contributed by atoms with van der Waals surface area (Å²) < 4.78 is 0. The number of piperidine rings is 1. The first-order valence-corrected chi connectivity index (χ1v) is 8.67. The van der Waals surface area contributed by atoms with Crippen LogP contribution in [0.1, 0.15) is 55.4 Å². The molecular weight excluding hydrogens is 300 g/mol. The number of hydrogen-bond acceptors (Lipinski definition) is 3. The lowest BCUT2D eigenvalue weighted by molar-refractivity contribution is 0.0667. The summed E-state index contributed by atoms with van der Waals surface area (Å²) in [6.07, 6.45) is 6.90. The number of rotatable bonds is 3. The van der Waals surface area contributed by atoms with Gasteiger partial charge in [-0.25, -0.2) is 0 Å². The predicted octanol–water partition coefficient (Wildman–Crippen LogP) is 3.20. The Kier molecular flexibility index (Phi) is 4.69. The Hall–Kier alpha value is -2.17. The summed E-state index contributed by atoms with van der Waals surface area (Å²) in [4.78, 5) is 18.9. The number of aromatic nitrogens is 3. The van der Waals surface area contributed by atoms with Gasteiger partial charge in [0.15, 0.2) is 0 Å². The van der Waals surface area contributed by atoms with Gasteiger partial charge in [0.1, 0.15) is 5.69 Å². The maximum Gasteiger partial charge on any atom is 0.274 e. The molecule has 3 rings (SSSR count). The second-order valence-electron chi connectivity index (χ2n) is 7.74. The van der Waals surface area contributed by atoms with E-state index in [1.54, 1.807) is 6.20 Å². The molecule has 0 bridgehead atoms. The van der Waals surface area contributed by atoms with Crippen molar-refractivity contribution in [1.82, 2.24) is 20.1 Å². The molecule has 5 heteroatoms. The Morgan fingerprint density at radius 2 is 2.25 bits per heavy atom. The highest BCUT2D eigenvalue weighted by Gasteiger charge is 2.27. The minimum Gasteiger partial charge on any atom is -0.337 e.